The van der Waals surface area contributed by atoms with Gasteiger partial charge in [0.1, 0.15) is 6.61 Å². The molecule has 2 unspecified atom stereocenters. The molecule has 0 aromatic heterocycles. The topological polar surface area (TPSA) is 38.5 Å². The van der Waals surface area contributed by atoms with E-state index < -0.39 is 12.8 Å². The van der Waals surface area contributed by atoms with Crippen molar-refractivity contribution in [2.24, 2.45) is 11.7 Å². The van der Waals surface area contributed by atoms with Crippen LogP contribution in [0.5, 0.6) is 0 Å². The molecule has 0 aliphatic carbocycles. The smallest absolute Gasteiger partial charge is 0.371 e. The summed E-state index contributed by atoms with van der Waals surface area (Å²) in [5.74, 6) is 0.470. The van der Waals surface area contributed by atoms with Gasteiger partial charge in [0.05, 0.1) is 6.61 Å². The lowest BCUT2D eigenvalue weighted by Crippen LogP contribution is -2.32. The number of nitrogens with zero attached hydrogens (tertiary/aromatic N) is 1. The van der Waals surface area contributed by atoms with Crippen molar-refractivity contribution in [3.8, 4) is 0 Å². The maximum Gasteiger partial charge on any atom is 0.411 e. The largest absolute Gasteiger partial charge is 0.411 e. The molecule has 1 rings (SSSR count). The summed E-state index contributed by atoms with van der Waals surface area (Å²) in [4.78, 5) is 2.13. The number of hydrogen-bond acceptors (Lipinski definition) is 3. The van der Waals surface area contributed by atoms with Gasteiger partial charge < -0.3 is 10.5 Å². The maximum atomic E-state index is 11.8. The summed E-state index contributed by atoms with van der Waals surface area (Å²) in [5.41, 5.74) is 5.56. The Morgan fingerprint density at radius 3 is 2.62 bits per heavy atom. The molecule has 6 heteroatoms. The molecule has 0 aromatic rings. The highest BCUT2D eigenvalue weighted by Crippen LogP contribution is 2.21. The highest BCUT2D eigenvalue weighted by Gasteiger charge is 2.29. The molecule has 2 atom stereocenters. The van der Waals surface area contributed by atoms with Gasteiger partial charge in [-0.15, -0.1) is 0 Å². The van der Waals surface area contributed by atoms with Crippen molar-refractivity contribution >= 4 is 0 Å². The van der Waals surface area contributed by atoms with Gasteiger partial charge in [0.25, 0.3) is 0 Å². The Kier molecular flexibility index (Phi) is 5.01. The van der Waals surface area contributed by atoms with E-state index in [-0.39, 0.29) is 6.61 Å². The van der Waals surface area contributed by atoms with E-state index in [4.69, 9.17) is 5.73 Å². The molecule has 1 saturated heterocycles. The molecular formula is C10H19F3N2O. The number of likely N-dealkylation sites (tertiary alicyclic amines) is 1. The van der Waals surface area contributed by atoms with Crippen LogP contribution in [-0.4, -0.2) is 50.0 Å². The first kappa shape index (κ1) is 13.7. The molecule has 1 heterocycles. The summed E-state index contributed by atoms with van der Waals surface area (Å²) in [6.45, 7) is 3.10. The third kappa shape index (κ3) is 4.67. The predicted molar refractivity (Wildman–Crippen MR) is 55.1 cm³/mol. The zero-order valence-corrected chi connectivity index (χ0v) is 9.46. The lowest BCUT2D eigenvalue weighted by atomic mass is 10.1. The SMILES string of the molecule is CC1CC(CN)CN1CCOCC(F)(F)F. The van der Waals surface area contributed by atoms with E-state index in [0.717, 1.165) is 13.0 Å². The van der Waals surface area contributed by atoms with Crippen molar-refractivity contribution < 1.29 is 17.9 Å². The van der Waals surface area contributed by atoms with E-state index in [1.807, 2.05) is 0 Å². The van der Waals surface area contributed by atoms with Gasteiger partial charge in [-0.2, -0.15) is 13.2 Å². The number of hydrogen-bond donors (Lipinski definition) is 1. The second-order valence-electron chi connectivity index (χ2n) is 4.35. The third-order valence-electron chi connectivity index (χ3n) is 2.91. The van der Waals surface area contributed by atoms with Crippen LogP contribution in [0, 0.1) is 5.92 Å². The average Bonchev–Trinajstić information content (AvgIpc) is 2.53. The average molecular weight is 240 g/mol. The summed E-state index contributed by atoms with van der Waals surface area (Å²) in [7, 11) is 0. The molecule has 96 valence electrons. The number of ether oxygens (including phenoxy) is 1. The van der Waals surface area contributed by atoms with Gasteiger partial charge in [0, 0.05) is 19.1 Å². The number of halogens is 3. The minimum absolute atomic E-state index is 0.126. The van der Waals surface area contributed by atoms with E-state index >= 15 is 0 Å². The van der Waals surface area contributed by atoms with Crippen LogP contribution in [0.2, 0.25) is 0 Å². The van der Waals surface area contributed by atoms with Gasteiger partial charge in [-0.3, -0.25) is 4.90 Å². The molecule has 0 radical (unpaired) electrons. The second-order valence-corrected chi connectivity index (χ2v) is 4.35. The summed E-state index contributed by atoms with van der Waals surface area (Å²) in [6.07, 6.45) is -3.20. The fourth-order valence-electron chi connectivity index (χ4n) is 2.07. The summed E-state index contributed by atoms with van der Waals surface area (Å²) >= 11 is 0. The van der Waals surface area contributed by atoms with Crippen LogP contribution in [0.15, 0.2) is 0 Å². The molecule has 0 bridgehead atoms. The Hall–Kier alpha value is -0.330. The zero-order chi connectivity index (χ0) is 12.2. The Morgan fingerprint density at radius 1 is 1.44 bits per heavy atom. The fraction of sp³-hybridized carbons (Fsp3) is 1.00. The van der Waals surface area contributed by atoms with Crippen LogP contribution < -0.4 is 5.73 Å². The highest BCUT2D eigenvalue weighted by molar-refractivity contribution is 4.82. The third-order valence-corrected chi connectivity index (χ3v) is 2.91. The normalized spacial score (nSPS) is 27.6. The number of alkyl halides is 3. The van der Waals surface area contributed by atoms with Crippen LogP contribution >= 0.6 is 0 Å². The summed E-state index contributed by atoms with van der Waals surface area (Å²) in [5, 5.41) is 0. The predicted octanol–water partition coefficient (Wildman–Crippen LogP) is 1.23. The van der Waals surface area contributed by atoms with Crippen molar-refractivity contribution in [3.63, 3.8) is 0 Å². The lowest BCUT2D eigenvalue weighted by Gasteiger charge is -2.20. The van der Waals surface area contributed by atoms with Crippen LogP contribution in [0.3, 0.4) is 0 Å². The molecule has 3 nitrogen and oxygen atoms in total. The maximum absolute atomic E-state index is 11.8. The van der Waals surface area contributed by atoms with Crippen molar-refractivity contribution in [3.05, 3.63) is 0 Å². The van der Waals surface area contributed by atoms with E-state index in [2.05, 4.69) is 16.6 Å². The Morgan fingerprint density at radius 2 is 2.12 bits per heavy atom. The van der Waals surface area contributed by atoms with E-state index in [1.54, 1.807) is 0 Å². The molecule has 16 heavy (non-hydrogen) atoms. The van der Waals surface area contributed by atoms with Gasteiger partial charge in [-0.1, -0.05) is 0 Å². The minimum atomic E-state index is -4.23. The van der Waals surface area contributed by atoms with Crippen LogP contribution in [0.1, 0.15) is 13.3 Å². The summed E-state index contributed by atoms with van der Waals surface area (Å²) in [6, 6.07) is 0.392. The van der Waals surface area contributed by atoms with Crippen LogP contribution in [-0.2, 0) is 4.74 Å². The lowest BCUT2D eigenvalue weighted by molar-refractivity contribution is -0.174. The zero-order valence-electron chi connectivity index (χ0n) is 9.46. The first-order chi connectivity index (χ1) is 7.42. The van der Waals surface area contributed by atoms with Crippen LogP contribution in [0.25, 0.3) is 0 Å². The van der Waals surface area contributed by atoms with Crippen molar-refractivity contribution in [2.75, 3.05) is 32.8 Å². The molecular weight excluding hydrogens is 221 g/mol. The molecule has 0 saturated carbocycles. The number of rotatable bonds is 5. The first-order valence-corrected chi connectivity index (χ1v) is 5.51. The number of nitrogens with two attached hydrogens (primary N) is 1. The Bertz CT molecular complexity index is 211. The highest BCUT2D eigenvalue weighted by atomic mass is 19.4. The molecule has 1 fully saturated rings. The Balaban J connectivity index is 2.14. The van der Waals surface area contributed by atoms with Gasteiger partial charge in [0.2, 0.25) is 0 Å². The molecule has 1 aliphatic heterocycles. The van der Waals surface area contributed by atoms with E-state index in [9.17, 15) is 13.2 Å². The van der Waals surface area contributed by atoms with Crippen molar-refractivity contribution in [1.82, 2.24) is 4.90 Å². The minimum Gasteiger partial charge on any atom is -0.371 e. The Labute approximate surface area is 93.7 Å². The monoisotopic (exact) mass is 240 g/mol. The summed E-state index contributed by atoms with van der Waals surface area (Å²) < 4.78 is 40.0. The molecule has 2 N–H and O–H groups in total. The molecule has 1 aliphatic rings. The fourth-order valence-corrected chi connectivity index (χ4v) is 2.07. The van der Waals surface area contributed by atoms with Gasteiger partial charge >= 0.3 is 6.18 Å². The van der Waals surface area contributed by atoms with Gasteiger partial charge in [-0.05, 0) is 25.8 Å². The van der Waals surface area contributed by atoms with Gasteiger partial charge in [0.15, 0.2) is 0 Å². The second kappa shape index (κ2) is 5.84. The first-order valence-electron chi connectivity index (χ1n) is 5.51. The molecule has 0 aromatic carbocycles. The van der Waals surface area contributed by atoms with Crippen LogP contribution in [0.4, 0.5) is 13.2 Å². The van der Waals surface area contributed by atoms with Gasteiger partial charge in [-0.25, -0.2) is 0 Å². The van der Waals surface area contributed by atoms with Crippen molar-refractivity contribution in [2.45, 2.75) is 25.6 Å². The molecule has 0 amide bonds. The standard InChI is InChI=1S/C10H19F3N2O/c1-8-4-9(5-14)6-15(8)2-3-16-7-10(11,12)13/h8-9H,2-7,14H2,1H3. The molecule has 0 spiro atoms. The van der Waals surface area contributed by atoms with Crippen molar-refractivity contribution in [1.29, 1.82) is 0 Å². The van der Waals surface area contributed by atoms with E-state index in [1.165, 1.54) is 0 Å². The quantitative estimate of drug-likeness (QED) is 0.735. The van der Waals surface area contributed by atoms with E-state index in [0.29, 0.717) is 25.0 Å².